The number of aliphatic imine (C=N–C) groups is 1. The van der Waals surface area contributed by atoms with Crippen LogP contribution in [0.25, 0.3) is 0 Å². The van der Waals surface area contributed by atoms with Crippen LogP contribution in [-0.2, 0) is 4.79 Å². The van der Waals surface area contributed by atoms with Gasteiger partial charge in [-0.25, -0.2) is 8.78 Å². The number of hydrogen-bond donors (Lipinski definition) is 0. The highest BCUT2D eigenvalue weighted by molar-refractivity contribution is 6.19. The van der Waals surface area contributed by atoms with Crippen LogP contribution < -0.4 is 4.90 Å². The third kappa shape index (κ3) is 2.39. The molecule has 0 saturated carbocycles. The Kier molecular flexibility index (Phi) is 3.48. The molecule has 0 aliphatic carbocycles. The monoisotopic (exact) mass is 300 g/mol. The first-order valence-corrected chi connectivity index (χ1v) is 6.88. The van der Waals surface area contributed by atoms with Crippen LogP contribution in [0, 0.1) is 11.6 Å². The van der Waals surface area contributed by atoms with Gasteiger partial charge in [0.25, 0.3) is 5.91 Å². The summed E-state index contributed by atoms with van der Waals surface area (Å²) >= 11 is 0. The number of carbonyl (C=O) groups is 1. The number of halogens is 2. The van der Waals surface area contributed by atoms with Gasteiger partial charge in [0, 0.05) is 18.2 Å². The average Bonchev–Trinajstić information content (AvgIpc) is 2.59. The van der Waals surface area contributed by atoms with Crippen molar-refractivity contribution in [2.45, 2.75) is 13.0 Å². The Bertz CT molecular complexity index is 769. The molecule has 3 rings (SSSR count). The summed E-state index contributed by atoms with van der Waals surface area (Å²) in [6, 6.07) is 9.40. The van der Waals surface area contributed by atoms with Crippen molar-refractivity contribution >= 4 is 17.3 Å². The molecule has 1 aliphatic rings. The number of nitrogens with zero attached hydrogens (tertiary/aromatic N) is 2. The topological polar surface area (TPSA) is 32.7 Å². The number of carbonyl (C=O) groups excluding carboxylic acids is 1. The summed E-state index contributed by atoms with van der Waals surface area (Å²) in [4.78, 5) is 18.2. The summed E-state index contributed by atoms with van der Waals surface area (Å²) in [6.07, 6.45) is 0. The molecule has 0 radical (unpaired) electrons. The minimum absolute atomic E-state index is 0.176. The Morgan fingerprint density at radius 1 is 1.05 bits per heavy atom. The summed E-state index contributed by atoms with van der Waals surface area (Å²) in [5, 5.41) is 0. The van der Waals surface area contributed by atoms with E-state index in [4.69, 9.17) is 0 Å². The summed E-state index contributed by atoms with van der Waals surface area (Å²) < 4.78 is 26.8. The molecule has 112 valence electrons. The smallest absolute Gasteiger partial charge is 0.251 e. The van der Waals surface area contributed by atoms with Crippen molar-refractivity contribution in [3.63, 3.8) is 0 Å². The van der Waals surface area contributed by atoms with E-state index in [9.17, 15) is 13.6 Å². The van der Waals surface area contributed by atoms with Crippen molar-refractivity contribution in [1.82, 2.24) is 0 Å². The maximum atomic E-state index is 13.7. The van der Waals surface area contributed by atoms with Gasteiger partial charge in [-0.15, -0.1) is 0 Å². The van der Waals surface area contributed by atoms with Crippen LogP contribution >= 0.6 is 0 Å². The molecule has 0 saturated heterocycles. The first-order chi connectivity index (χ1) is 10.5. The van der Waals surface area contributed by atoms with E-state index < -0.39 is 11.9 Å². The molecule has 0 N–H and O–H groups in total. The molecule has 0 bridgehead atoms. The molecule has 1 atom stereocenters. The maximum absolute atomic E-state index is 13.7. The van der Waals surface area contributed by atoms with Crippen molar-refractivity contribution in [3.05, 3.63) is 65.2 Å². The molecule has 2 aromatic rings. The normalized spacial score (nSPS) is 17.8. The van der Waals surface area contributed by atoms with Crippen LogP contribution in [0.5, 0.6) is 0 Å². The SMILES string of the molecule is CC1N=C(c2ccc(F)cc2)c2cc(F)ccc2N(C)C1=O. The highest BCUT2D eigenvalue weighted by atomic mass is 19.1. The van der Waals surface area contributed by atoms with E-state index in [1.54, 1.807) is 32.2 Å². The zero-order valence-corrected chi connectivity index (χ0v) is 12.2. The molecule has 22 heavy (non-hydrogen) atoms. The lowest BCUT2D eigenvalue weighted by atomic mass is 10.00. The van der Waals surface area contributed by atoms with Crippen LogP contribution in [0.3, 0.4) is 0 Å². The number of fused-ring (bicyclic) bond motifs is 1. The largest absolute Gasteiger partial charge is 0.313 e. The third-order valence-electron chi connectivity index (χ3n) is 3.70. The zero-order valence-electron chi connectivity index (χ0n) is 12.2. The van der Waals surface area contributed by atoms with Gasteiger partial charge in [0.05, 0.1) is 11.4 Å². The summed E-state index contributed by atoms with van der Waals surface area (Å²) in [6.45, 7) is 1.69. The molecule has 1 heterocycles. The molecule has 0 fully saturated rings. The van der Waals surface area contributed by atoms with E-state index in [0.717, 1.165) is 0 Å². The van der Waals surface area contributed by atoms with Crippen molar-refractivity contribution in [1.29, 1.82) is 0 Å². The van der Waals surface area contributed by atoms with Gasteiger partial charge >= 0.3 is 0 Å². The second-order valence-corrected chi connectivity index (χ2v) is 5.22. The van der Waals surface area contributed by atoms with Gasteiger partial charge in [-0.1, -0.05) is 0 Å². The van der Waals surface area contributed by atoms with E-state index in [2.05, 4.69) is 4.99 Å². The van der Waals surface area contributed by atoms with Crippen LogP contribution in [0.4, 0.5) is 14.5 Å². The maximum Gasteiger partial charge on any atom is 0.251 e. The van der Waals surface area contributed by atoms with Crippen molar-refractivity contribution in [3.8, 4) is 0 Å². The molecule has 0 aromatic heterocycles. The van der Waals surface area contributed by atoms with E-state index in [1.807, 2.05) is 0 Å². The second kappa shape index (κ2) is 5.33. The first kappa shape index (κ1) is 14.4. The molecule has 1 aliphatic heterocycles. The molecule has 1 unspecified atom stereocenters. The number of rotatable bonds is 1. The lowest BCUT2D eigenvalue weighted by molar-refractivity contribution is -0.119. The summed E-state index contributed by atoms with van der Waals surface area (Å²) in [7, 11) is 1.64. The fraction of sp³-hybridized carbons (Fsp3) is 0.176. The highest BCUT2D eigenvalue weighted by Crippen LogP contribution is 2.28. The summed E-state index contributed by atoms with van der Waals surface area (Å²) in [5.41, 5.74) is 2.23. The Hall–Kier alpha value is -2.56. The highest BCUT2D eigenvalue weighted by Gasteiger charge is 2.27. The van der Waals surface area contributed by atoms with Gasteiger partial charge in [-0.05, 0) is 49.4 Å². The number of hydrogen-bond acceptors (Lipinski definition) is 2. The lowest BCUT2D eigenvalue weighted by Crippen LogP contribution is -2.32. The Morgan fingerprint density at radius 2 is 1.68 bits per heavy atom. The fourth-order valence-corrected chi connectivity index (χ4v) is 2.55. The van der Waals surface area contributed by atoms with Crippen molar-refractivity contribution in [2.75, 3.05) is 11.9 Å². The van der Waals surface area contributed by atoms with Gasteiger partial charge < -0.3 is 4.90 Å². The van der Waals surface area contributed by atoms with Crippen LogP contribution in [0.1, 0.15) is 18.1 Å². The van der Waals surface area contributed by atoms with Crippen LogP contribution in [0.15, 0.2) is 47.5 Å². The van der Waals surface area contributed by atoms with Gasteiger partial charge in [0.1, 0.15) is 17.7 Å². The predicted molar refractivity (Wildman–Crippen MR) is 81.3 cm³/mol. The molecular weight excluding hydrogens is 286 g/mol. The van der Waals surface area contributed by atoms with E-state index in [-0.39, 0.29) is 11.7 Å². The van der Waals surface area contributed by atoms with Gasteiger partial charge in [0.15, 0.2) is 0 Å². The Balaban J connectivity index is 2.25. The van der Waals surface area contributed by atoms with Gasteiger partial charge in [0.2, 0.25) is 0 Å². The van der Waals surface area contributed by atoms with Crippen LogP contribution in [-0.4, -0.2) is 24.7 Å². The second-order valence-electron chi connectivity index (χ2n) is 5.22. The summed E-state index contributed by atoms with van der Waals surface area (Å²) in [5.74, 6) is -0.951. The number of amides is 1. The predicted octanol–water partition coefficient (Wildman–Crippen LogP) is 3.17. The molecule has 5 heteroatoms. The van der Waals surface area contributed by atoms with Crippen molar-refractivity contribution in [2.24, 2.45) is 4.99 Å². The van der Waals surface area contributed by atoms with E-state index in [1.165, 1.54) is 29.2 Å². The molecular formula is C17H14F2N2O. The Labute approximate surface area is 126 Å². The first-order valence-electron chi connectivity index (χ1n) is 6.88. The van der Waals surface area contributed by atoms with Crippen molar-refractivity contribution < 1.29 is 13.6 Å². The fourth-order valence-electron chi connectivity index (χ4n) is 2.55. The number of benzodiazepines with no additional fused rings is 1. The quantitative estimate of drug-likeness (QED) is 0.796. The third-order valence-corrected chi connectivity index (χ3v) is 3.70. The zero-order chi connectivity index (χ0) is 15.9. The molecule has 1 amide bonds. The number of likely N-dealkylation sites (N-methyl/N-ethyl adjacent to an activating group) is 1. The van der Waals surface area contributed by atoms with E-state index in [0.29, 0.717) is 22.5 Å². The van der Waals surface area contributed by atoms with Gasteiger partial charge in [-0.2, -0.15) is 0 Å². The number of anilines is 1. The lowest BCUT2D eigenvalue weighted by Gasteiger charge is -2.19. The standard InChI is InChI=1S/C17H14F2N2O/c1-10-17(22)21(2)15-8-7-13(19)9-14(15)16(20-10)11-3-5-12(18)6-4-11/h3-10H,1-2H3. The molecule has 0 spiro atoms. The van der Waals surface area contributed by atoms with Gasteiger partial charge in [-0.3, -0.25) is 9.79 Å². The number of benzene rings is 2. The van der Waals surface area contributed by atoms with E-state index >= 15 is 0 Å². The Morgan fingerprint density at radius 3 is 2.36 bits per heavy atom. The minimum Gasteiger partial charge on any atom is -0.313 e. The minimum atomic E-state index is -0.597. The van der Waals surface area contributed by atoms with Crippen LogP contribution in [0.2, 0.25) is 0 Å². The average molecular weight is 300 g/mol. The molecule has 3 nitrogen and oxygen atoms in total. The molecule has 2 aromatic carbocycles.